The first-order valence-corrected chi connectivity index (χ1v) is 6.26. The van der Waals surface area contributed by atoms with Crippen molar-refractivity contribution in [3.05, 3.63) is 36.4 Å². The second kappa shape index (κ2) is 5.75. The van der Waals surface area contributed by atoms with Crippen LogP contribution in [0.25, 0.3) is 5.69 Å². The predicted molar refractivity (Wildman–Crippen MR) is 77.2 cm³/mol. The van der Waals surface area contributed by atoms with Gasteiger partial charge in [-0.05, 0) is 19.1 Å². The highest BCUT2D eigenvalue weighted by atomic mass is 16.5. The minimum absolute atomic E-state index is 0.626. The summed E-state index contributed by atoms with van der Waals surface area (Å²) in [5.74, 6) is 0.818. The fourth-order valence-corrected chi connectivity index (χ4v) is 1.99. The molecular weight excluding hydrogens is 240 g/mol. The normalized spacial score (nSPS) is 10.5. The summed E-state index contributed by atoms with van der Waals surface area (Å²) in [6, 6.07) is 6.10. The molecule has 5 heteroatoms. The highest BCUT2D eigenvalue weighted by Gasteiger charge is 2.09. The second-order valence-corrected chi connectivity index (χ2v) is 4.49. The van der Waals surface area contributed by atoms with E-state index in [4.69, 9.17) is 10.5 Å². The lowest BCUT2D eigenvalue weighted by atomic mass is 10.2. The van der Waals surface area contributed by atoms with E-state index >= 15 is 0 Å². The molecule has 1 aromatic carbocycles. The molecule has 0 fully saturated rings. The van der Waals surface area contributed by atoms with E-state index in [-0.39, 0.29) is 0 Å². The third-order valence-corrected chi connectivity index (χ3v) is 3.06. The molecule has 102 valence electrons. The predicted octanol–water partition coefficient (Wildman–Crippen LogP) is 1.58. The van der Waals surface area contributed by atoms with Crippen LogP contribution in [0.5, 0.6) is 5.75 Å². The highest BCUT2D eigenvalue weighted by Crippen LogP contribution is 2.28. The maximum Gasteiger partial charge on any atom is 0.144 e. The molecule has 0 spiro atoms. The van der Waals surface area contributed by atoms with Crippen LogP contribution in [0, 0.1) is 6.92 Å². The zero-order valence-electron chi connectivity index (χ0n) is 11.6. The SMILES string of the molecule is COc1cc(N(C)CCN)ccc1-n1cnc(C)c1. The highest BCUT2D eigenvalue weighted by molar-refractivity contribution is 5.59. The molecule has 0 unspecified atom stereocenters. The van der Waals surface area contributed by atoms with Crippen molar-refractivity contribution in [1.82, 2.24) is 9.55 Å². The lowest BCUT2D eigenvalue weighted by Crippen LogP contribution is -2.24. The number of hydrogen-bond acceptors (Lipinski definition) is 4. The van der Waals surface area contributed by atoms with E-state index in [2.05, 4.69) is 16.0 Å². The molecule has 0 aliphatic rings. The van der Waals surface area contributed by atoms with E-state index in [9.17, 15) is 0 Å². The molecule has 2 aromatic rings. The van der Waals surface area contributed by atoms with Gasteiger partial charge in [0.25, 0.3) is 0 Å². The Kier molecular flexibility index (Phi) is 4.06. The summed E-state index contributed by atoms with van der Waals surface area (Å²) < 4.78 is 7.43. The Balaban J connectivity index is 2.36. The lowest BCUT2D eigenvalue weighted by Gasteiger charge is -2.20. The van der Waals surface area contributed by atoms with Crippen LogP contribution in [0.4, 0.5) is 5.69 Å². The quantitative estimate of drug-likeness (QED) is 0.887. The van der Waals surface area contributed by atoms with Gasteiger partial charge >= 0.3 is 0 Å². The van der Waals surface area contributed by atoms with Crippen molar-refractivity contribution in [3.8, 4) is 11.4 Å². The van der Waals surface area contributed by atoms with E-state index in [1.54, 1.807) is 13.4 Å². The van der Waals surface area contributed by atoms with Gasteiger partial charge in [0.1, 0.15) is 5.75 Å². The number of nitrogens with zero attached hydrogens (tertiary/aromatic N) is 3. The van der Waals surface area contributed by atoms with Gasteiger partial charge in [0.2, 0.25) is 0 Å². The van der Waals surface area contributed by atoms with Crippen LogP contribution < -0.4 is 15.4 Å². The standard InChI is InChI=1S/C14H20N4O/c1-11-9-18(10-16-11)13-5-4-12(8-14(13)19-3)17(2)7-6-15/h4-5,8-10H,6-7,15H2,1-3H3. The first-order chi connectivity index (χ1) is 9.15. The number of hydrogen-bond donors (Lipinski definition) is 1. The number of methoxy groups -OCH3 is 1. The fourth-order valence-electron chi connectivity index (χ4n) is 1.99. The summed E-state index contributed by atoms with van der Waals surface area (Å²) in [7, 11) is 3.69. The van der Waals surface area contributed by atoms with E-state index in [0.29, 0.717) is 6.54 Å². The summed E-state index contributed by atoms with van der Waals surface area (Å²) >= 11 is 0. The minimum atomic E-state index is 0.626. The molecule has 0 aliphatic carbocycles. The summed E-state index contributed by atoms with van der Waals surface area (Å²) in [5, 5.41) is 0. The van der Waals surface area contributed by atoms with E-state index < -0.39 is 0 Å². The van der Waals surface area contributed by atoms with Crippen LogP contribution in [0.1, 0.15) is 5.69 Å². The molecule has 2 N–H and O–H groups in total. The number of aromatic nitrogens is 2. The molecule has 0 saturated carbocycles. The molecule has 0 aliphatic heterocycles. The van der Waals surface area contributed by atoms with Crippen molar-refractivity contribution >= 4 is 5.69 Å². The molecule has 2 rings (SSSR count). The van der Waals surface area contributed by atoms with E-state index in [0.717, 1.165) is 29.4 Å². The fraction of sp³-hybridized carbons (Fsp3) is 0.357. The van der Waals surface area contributed by atoms with Gasteiger partial charge in [-0.15, -0.1) is 0 Å². The Morgan fingerprint density at radius 1 is 1.42 bits per heavy atom. The Hall–Kier alpha value is -2.01. The maximum atomic E-state index is 5.58. The van der Waals surface area contributed by atoms with Crippen molar-refractivity contribution < 1.29 is 4.74 Å². The zero-order valence-corrected chi connectivity index (χ0v) is 11.6. The number of benzene rings is 1. The van der Waals surface area contributed by atoms with Crippen LogP contribution in [0.3, 0.4) is 0 Å². The molecule has 0 atom stereocenters. The summed E-state index contributed by atoms with van der Waals surface area (Å²) in [5.41, 5.74) is 8.62. The van der Waals surface area contributed by atoms with Gasteiger partial charge < -0.3 is 19.9 Å². The lowest BCUT2D eigenvalue weighted by molar-refractivity contribution is 0.413. The van der Waals surface area contributed by atoms with Crippen molar-refractivity contribution in [2.45, 2.75) is 6.92 Å². The van der Waals surface area contributed by atoms with E-state index in [1.165, 1.54) is 0 Å². The van der Waals surface area contributed by atoms with Gasteiger partial charge in [-0.25, -0.2) is 4.98 Å². The smallest absolute Gasteiger partial charge is 0.144 e. The number of aryl methyl sites for hydroxylation is 1. The van der Waals surface area contributed by atoms with Gasteiger partial charge in [-0.1, -0.05) is 0 Å². The number of nitrogens with two attached hydrogens (primary N) is 1. The van der Waals surface area contributed by atoms with Crippen molar-refractivity contribution in [2.24, 2.45) is 5.73 Å². The molecule has 0 radical (unpaired) electrons. The average Bonchev–Trinajstić information content (AvgIpc) is 2.84. The molecule has 1 aromatic heterocycles. The number of anilines is 1. The largest absolute Gasteiger partial charge is 0.494 e. The Labute approximate surface area is 113 Å². The third-order valence-electron chi connectivity index (χ3n) is 3.06. The van der Waals surface area contributed by atoms with Crippen molar-refractivity contribution in [1.29, 1.82) is 0 Å². The van der Waals surface area contributed by atoms with Gasteiger partial charge in [0.05, 0.1) is 24.8 Å². The summed E-state index contributed by atoms with van der Waals surface area (Å²) in [4.78, 5) is 6.34. The van der Waals surface area contributed by atoms with Crippen molar-refractivity contribution in [2.75, 3.05) is 32.1 Å². The van der Waals surface area contributed by atoms with Gasteiger partial charge in [0, 0.05) is 38.1 Å². The van der Waals surface area contributed by atoms with Crippen LogP contribution in [-0.4, -0.2) is 36.8 Å². The summed E-state index contributed by atoms with van der Waals surface area (Å²) in [6.07, 6.45) is 3.76. The first kappa shape index (κ1) is 13.4. The molecule has 1 heterocycles. The third kappa shape index (κ3) is 2.88. The van der Waals surface area contributed by atoms with Gasteiger partial charge in [-0.3, -0.25) is 0 Å². The minimum Gasteiger partial charge on any atom is -0.494 e. The average molecular weight is 260 g/mol. The maximum absolute atomic E-state index is 5.58. The van der Waals surface area contributed by atoms with E-state index in [1.807, 2.05) is 36.9 Å². The Morgan fingerprint density at radius 3 is 2.79 bits per heavy atom. The van der Waals surface area contributed by atoms with Gasteiger partial charge in [-0.2, -0.15) is 0 Å². The Bertz CT molecular complexity index is 550. The van der Waals surface area contributed by atoms with Crippen LogP contribution in [0.2, 0.25) is 0 Å². The first-order valence-electron chi connectivity index (χ1n) is 6.26. The monoisotopic (exact) mass is 260 g/mol. The molecule has 0 amide bonds. The molecule has 0 bridgehead atoms. The number of rotatable bonds is 5. The van der Waals surface area contributed by atoms with Crippen LogP contribution in [-0.2, 0) is 0 Å². The second-order valence-electron chi connectivity index (χ2n) is 4.49. The molecule has 19 heavy (non-hydrogen) atoms. The topological polar surface area (TPSA) is 56.3 Å². The molecular formula is C14H20N4O. The van der Waals surface area contributed by atoms with Crippen LogP contribution in [0.15, 0.2) is 30.7 Å². The Morgan fingerprint density at radius 2 is 2.21 bits per heavy atom. The number of ether oxygens (including phenoxy) is 1. The van der Waals surface area contributed by atoms with Gasteiger partial charge in [0.15, 0.2) is 0 Å². The van der Waals surface area contributed by atoms with Crippen molar-refractivity contribution in [3.63, 3.8) is 0 Å². The number of likely N-dealkylation sites (N-methyl/N-ethyl adjacent to an activating group) is 1. The molecule has 0 saturated heterocycles. The molecule has 5 nitrogen and oxygen atoms in total. The number of imidazole rings is 1. The zero-order chi connectivity index (χ0) is 13.8. The van der Waals surface area contributed by atoms with Crippen LogP contribution >= 0.6 is 0 Å². The summed E-state index contributed by atoms with van der Waals surface area (Å²) in [6.45, 7) is 3.40.